The molecule has 0 aromatic heterocycles. The van der Waals surface area contributed by atoms with E-state index in [1.54, 1.807) is 19.1 Å². The number of amides is 3. The number of rotatable bonds is 7. The van der Waals surface area contributed by atoms with Gasteiger partial charge >= 0.3 is 6.03 Å². The highest BCUT2D eigenvalue weighted by Crippen LogP contribution is 2.37. The summed E-state index contributed by atoms with van der Waals surface area (Å²) in [6.07, 6.45) is 2.16. The molecule has 2 aliphatic rings. The van der Waals surface area contributed by atoms with Gasteiger partial charge in [0.25, 0.3) is 5.91 Å². The van der Waals surface area contributed by atoms with Crippen molar-refractivity contribution in [3.63, 3.8) is 0 Å². The van der Waals surface area contributed by atoms with E-state index in [1.165, 1.54) is 4.90 Å². The van der Waals surface area contributed by atoms with Gasteiger partial charge in [0.05, 0.1) is 13.7 Å². The van der Waals surface area contributed by atoms with E-state index in [0.29, 0.717) is 12.8 Å². The van der Waals surface area contributed by atoms with Gasteiger partial charge in [0.1, 0.15) is 11.3 Å². The monoisotopic (exact) mass is 472 g/mol. The van der Waals surface area contributed by atoms with Crippen molar-refractivity contribution >= 4 is 24.3 Å². The lowest BCUT2D eigenvalue weighted by Crippen LogP contribution is -2.55. The Balaban J connectivity index is 0.00000306. The summed E-state index contributed by atoms with van der Waals surface area (Å²) < 4.78 is 5.19. The van der Waals surface area contributed by atoms with Gasteiger partial charge in [-0.2, -0.15) is 0 Å². The Kier molecular flexibility index (Phi) is 8.00. The van der Waals surface area contributed by atoms with Gasteiger partial charge < -0.3 is 20.3 Å². The van der Waals surface area contributed by atoms with Gasteiger partial charge in [-0.15, -0.1) is 12.4 Å². The Labute approximate surface area is 201 Å². The highest BCUT2D eigenvalue weighted by molar-refractivity contribution is 6.06. The molecule has 33 heavy (non-hydrogen) atoms. The first kappa shape index (κ1) is 25.0. The first-order chi connectivity index (χ1) is 15.4. The predicted molar refractivity (Wildman–Crippen MR) is 130 cm³/mol. The first-order valence-electron chi connectivity index (χ1n) is 11.2. The molecule has 1 atom stereocenters. The molecule has 178 valence electrons. The Hall–Kier alpha value is -2.61. The molecule has 3 amide bonds. The van der Waals surface area contributed by atoms with Gasteiger partial charge in [-0.3, -0.25) is 9.69 Å². The van der Waals surface area contributed by atoms with Crippen LogP contribution in [0.4, 0.5) is 4.79 Å². The minimum atomic E-state index is -0.735. The summed E-state index contributed by atoms with van der Waals surface area (Å²) in [6.45, 7) is 2.72. The molecule has 2 N–H and O–H groups in total. The van der Waals surface area contributed by atoms with Crippen LogP contribution in [0, 0.1) is 0 Å². The number of benzene rings is 2. The second kappa shape index (κ2) is 10.5. The summed E-state index contributed by atoms with van der Waals surface area (Å²) in [5.41, 5.74) is 7.67. The van der Waals surface area contributed by atoms with Crippen LogP contribution in [0.25, 0.3) is 0 Å². The first-order valence-corrected chi connectivity index (χ1v) is 11.2. The number of piperidine rings is 1. The summed E-state index contributed by atoms with van der Waals surface area (Å²) in [5, 5.41) is 0. The molecular formula is C25H33ClN4O3. The Morgan fingerprint density at radius 2 is 1.67 bits per heavy atom. The largest absolute Gasteiger partial charge is 0.497 e. The van der Waals surface area contributed by atoms with E-state index >= 15 is 0 Å². The maximum Gasteiger partial charge on any atom is 0.327 e. The van der Waals surface area contributed by atoms with Gasteiger partial charge in [0.2, 0.25) is 0 Å². The molecule has 4 rings (SSSR count). The number of likely N-dealkylation sites (N-methyl/N-ethyl adjacent to an activating group) is 1. The summed E-state index contributed by atoms with van der Waals surface area (Å²) in [6, 6.07) is 17.4. The molecule has 2 saturated heterocycles. The zero-order chi connectivity index (χ0) is 22.7. The van der Waals surface area contributed by atoms with Crippen molar-refractivity contribution in [1.29, 1.82) is 0 Å². The van der Waals surface area contributed by atoms with E-state index in [9.17, 15) is 9.59 Å². The Bertz CT molecular complexity index is 946. The van der Waals surface area contributed by atoms with Gasteiger partial charge in [0, 0.05) is 26.2 Å². The number of ether oxygens (including phenoxy) is 1. The van der Waals surface area contributed by atoms with Crippen molar-refractivity contribution in [3.05, 3.63) is 65.7 Å². The fraction of sp³-hybridized carbons (Fsp3) is 0.440. The summed E-state index contributed by atoms with van der Waals surface area (Å²) in [5.74, 6) is 0.669. The molecule has 2 heterocycles. The number of nitrogens with two attached hydrogens (primary N) is 1. The highest BCUT2D eigenvalue weighted by Gasteiger charge is 2.56. The minimum Gasteiger partial charge on any atom is -0.497 e. The van der Waals surface area contributed by atoms with E-state index in [1.807, 2.05) is 42.5 Å². The predicted octanol–water partition coefficient (Wildman–Crippen LogP) is 3.44. The van der Waals surface area contributed by atoms with E-state index < -0.39 is 5.54 Å². The number of carbonyl (C=O) groups is 2. The van der Waals surface area contributed by atoms with Crippen LogP contribution in [0.2, 0.25) is 0 Å². The Morgan fingerprint density at radius 1 is 1.03 bits per heavy atom. The second-order valence-corrected chi connectivity index (χ2v) is 8.76. The zero-order valence-corrected chi connectivity index (χ0v) is 20.1. The molecule has 8 heteroatoms. The fourth-order valence-electron chi connectivity index (χ4n) is 4.78. The zero-order valence-electron chi connectivity index (χ0n) is 19.3. The molecule has 0 radical (unpaired) electrons. The maximum absolute atomic E-state index is 13.4. The van der Waals surface area contributed by atoms with Crippen LogP contribution in [0.5, 0.6) is 5.75 Å². The van der Waals surface area contributed by atoms with Gasteiger partial charge in [0.15, 0.2) is 0 Å². The molecule has 7 nitrogen and oxygen atoms in total. The van der Waals surface area contributed by atoms with Crippen molar-refractivity contribution in [2.24, 2.45) is 5.73 Å². The number of halogens is 1. The van der Waals surface area contributed by atoms with Crippen molar-refractivity contribution in [2.45, 2.75) is 37.4 Å². The minimum absolute atomic E-state index is 0. The summed E-state index contributed by atoms with van der Waals surface area (Å²) in [7, 11) is 3.37. The smallest absolute Gasteiger partial charge is 0.327 e. The molecule has 2 fully saturated rings. The van der Waals surface area contributed by atoms with Crippen LogP contribution in [0.15, 0.2) is 54.6 Å². The van der Waals surface area contributed by atoms with Crippen molar-refractivity contribution in [2.75, 3.05) is 33.8 Å². The van der Waals surface area contributed by atoms with Crippen LogP contribution in [0.3, 0.4) is 0 Å². The molecule has 0 aliphatic carbocycles. The maximum atomic E-state index is 13.4. The third-order valence-corrected chi connectivity index (χ3v) is 6.97. The average Bonchev–Trinajstić information content (AvgIpc) is 3.00. The topological polar surface area (TPSA) is 79.1 Å². The number of nitrogens with zero attached hydrogens (tertiary/aromatic N) is 3. The number of likely N-dealkylation sites (tertiary alicyclic amines) is 1. The standard InChI is InChI=1S/C25H32N4O3.ClH/c1-27-24(31)29(18-19-8-10-21(32-2)11-9-19)23(30)25(27)13-16-28(17-14-25)15-12-22(26)20-6-4-3-5-7-20;/h3-11,22H,12-18,26H2,1-2H3;1H/t22-;/m0./s1. The van der Waals surface area contributed by atoms with E-state index in [4.69, 9.17) is 10.5 Å². The van der Waals surface area contributed by atoms with E-state index in [-0.39, 0.29) is 36.9 Å². The third kappa shape index (κ3) is 5.00. The molecule has 0 unspecified atom stereocenters. The SMILES string of the molecule is COc1ccc(CN2C(=O)N(C)C3(CCN(CC[C@H](N)c4ccccc4)CC3)C2=O)cc1.Cl. The molecule has 2 aromatic carbocycles. The molecule has 0 bridgehead atoms. The average molecular weight is 473 g/mol. The number of methoxy groups -OCH3 is 1. The molecule has 1 spiro atoms. The molecule has 2 aromatic rings. The van der Waals surface area contributed by atoms with Crippen LogP contribution < -0.4 is 10.5 Å². The second-order valence-electron chi connectivity index (χ2n) is 8.76. The summed E-state index contributed by atoms with van der Waals surface area (Å²) in [4.78, 5) is 31.7. The van der Waals surface area contributed by atoms with Gasteiger partial charge in [-0.1, -0.05) is 42.5 Å². The normalized spacial score (nSPS) is 19.0. The molecule has 2 aliphatic heterocycles. The molecular weight excluding hydrogens is 440 g/mol. The highest BCUT2D eigenvalue weighted by atomic mass is 35.5. The van der Waals surface area contributed by atoms with Crippen molar-refractivity contribution in [3.8, 4) is 5.75 Å². The lowest BCUT2D eigenvalue weighted by atomic mass is 9.86. The van der Waals surface area contributed by atoms with Crippen LogP contribution in [-0.2, 0) is 11.3 Å². The number of carbonyl (C=O) groups excluding carboxylic acids is 2. The lowest BCUT2D eigenvalue weighted by molar-refractivity contribution is -0.135. The molecule has 0 saturated carbocycles. The van der Waals surface area contributed by atoms with Crippen molar-refractivity contribution in [1.82, 2.24) is 14.7 Å². The number of imide groups is 1. The van der Waals surface area contributed by atoms with Gasteiger partial charge in [-0.25, -0.2) is 4.79 Å². The Morgan fingerprint density at radius 3 is 2.27 bits per heavy atom. The number of urea groups is 1. The quantitative estimate of drug-likeness (QED) is 0.624. The van der Waals surface area contributed by atoms with Crippen LogP contribution in [0.1, 0.15) is 36.4 Å². The fourth-order valence-corrected chi connectivity index (χ4v) is 4.78. The summed E-state index contributed by atoms with van der Waals surface area (Å²) >= 11 is 0. The van der Waals surface area contributed by atoms with Crippen molar-refractivity contribution < 1.29 is 14.3 Å². The van der Waals surface area contributed by atoms with E-state index in [2.05, 4.69) is 17.0 Å². The van der Waals surface area contributed by atoms with Gasteiger partial charge in [-0.05, 0) is 49.1 Å². The number of hydrogen-bond acceptors (Lipinski definition) is 5. The van der Waals surface area contributed by atoms with Crippen LogP contribution in [-0.4, -0.2) is 66.0 Å². The van der Waals surface area contributed by atoms with E-state index in [0.717, 1.165) is 42.9 Å². The number of hydrogen-bond donors (Lipinski definition) is 1. The van der Waals surface area contributed by atoms with Crippen LogP contribution >= 0.6 is 12.4 Å². The third-order valence-electron chi connectivity index (χ3n) is 6.97. The lowest BCUT2D eigenvalue weighted by Gasteiger charge is -2.41.